The number of halogens is 1. The molecule has 7 nitrogen and oxygen atoms in total. The summed E-state index contributed by atoms with van der Waals surface area (Å²) in [5.74, 6) is -0.488. The lowest BCUT2D eigenvalue weighted by atomic mass is 10.4. The highest BCUT2D eigenvalue weighted by atomic mass is 35.5. The fraction of sp³-hybridized carbons (Fsp3) is 0.111. The molecule has 10 heteroatoms. The molecule has 19 heavy (non-hydrogen) atoms. The number of amides is 1. The average Bonchev–Trinajstić information content (AvgIpc) is 2.75. The number of carbonyl (C=O) groups excluding carboxylic acids is 1. The quantitative estimate of drug-likeness (QED) is 0.913. The molecule has 0 aliphatic carbocycles. The van der Waals surface area contributed by atoms with Crippen molar-refractivity contribution in [2.24, 2.45) is 0 Å². The maximum Gasteiger partial charge on any atom is 0.286 e. The van der Waals surface area contributed by atoms with Crippen LogP contribution in [0.25, 0.3) is 0 Å². The van der Waals surface area contributed by atoms with E-state index in [9.17, 15) is 13.2 Å². The Hall–Kier alpha value is -1.58. The highest BCUT2D eigenvalue weighted by molar-refractivity contribution is 7.90. The van der Waals surface area contributed by atoms with Crippen molar-refractivity contribution in [1.29, 1.82) is 0 Å². The third-order valence-electron chi connectivity index (χ3n) is 1.97. The number of hydrogen-bond acceptors (Lipinski definition) is 7. The van der Waals surface area contributed by atoms with Crippen LogP contribution in [0.15, 0.2) is 23.4 Å². The molecular weight excluding hydrogens is 312 g/mol. The van der Waals surface area contributed by atoms with E-state index in [-0.39, 0.29) is 14.5 Å². The van der Waals surface area contributed by atoms with Gasteiger partial charge in [0, 0.05) is 6.26 Å². The standard InChI is InChI=1S/C9H7ClN4O3S2/c1-19(16,17)6-3-2-5(4-11-6)12-7(15)8-13-14-9(10)18-8/h2-4H,1H3,(H,12,15). The van der Waals surface area contributed by atoms with Gasteiger partial charge in [0.25, 0.3) is 5.91 Å². The van der Waals surface area contributed by atoms with Gasteiger partial charge in [-0.1, -0.05) is 11.3 Å². The molecule has 0 saturated carbocycles. The number of aromatic nitrogens is 3. The highest BCUT2D eigenvalue weighted by Crippen LogP contribution is 2.17. The largest absolute Gasteiger partial charge is 0.318 e. The number of anilines is 1. The van der Waals surface area contributed by atoms with E-state index in [4.69, 9.17) is 11.6 Å². The van der Waals surface area contributed by atoms with Gasteiger partial charge >= 0.3 is 0 Å². The summed E-state index contributed by atoms with van der Waals surface area (Å²) in [5, 5.41) is 9.63. The second-order valence-electron chi connectivity index (χ2n) is 3.47. The third kappa shape index (κ3) is 3.46. The zero-order chi connectivity index (χ0) is 14.0. The molecule has 0 spiro atoms. The molecule has 0 unspecified atom stereocenters. The van der Waals surface area contributed by atoms with Crippen molar-refractivity contribution in [3.63, 3.8) is 0 Å². The molecule has 0 fully saturated rings. The Balaban J connectivity index is 2.14. The topological polar surface area (TPSA) is 102 Å². The molecule has 0 radical (unpaired) electrons. The van der Waals surface area contributed by atoms with Crippen LogP contribution in [0.1, 0.15) is 9.80 Å². The number of sulfone groups is 1. The number of hydrogen-bond donors (Lipinski definition) is 1. The Kier molecular flexibility index (Phi) is 3.78. The lowest BCUT2D eigenvalue weighted by Gasteiger charge is -2.02. The number of rotatable bonds is 3. The van der Waals surface area contributed by atoms with Gasteiger partial charge in [-0.2, -0.15) is 0 Å². The summed E-state index contributed by atoms with van der Waals surface area (Å²) >= 11 is 6.50. The first-order valence-electron chi connectivity index (χ1n) is 4.83. The molecule has 0 atom stereocenters. The van der Waals surface area contributed by atoms with Gasteiger partial charge in [0.15, 0.2) is 14.9 Å². The number of pyridine rings is 1. The number of nitrogens with zero attached hydrogens (tertiary/aromatic N) is 3. The molecule has 2 aromatic heterocycles. The minimum atomic E-state index is -3.36. The van der Waals surface area contributed by atoms with Gasteiger partial charge < -0.3 is 5.32 Å². The van der Waals surface area contributed by atoms with Crippen LogP contribution >= 0.6 is 22.9 Å². The van der Waals surface area contributed by atoms with Crippen LogP contribution in [0.4, 0.5) is 5.69 Å². The summed E-state index contributed by atoms with van der Waals surface area (Å²) in [6.07, 6.45) is 2.30. The highest BCUT2D eigenvalue weighted by Gasteiger charge is 2.13. The van der Waals surface area contributed by atoms with Crippen molar-refractivity contribution in [3.05, 3.63) is 27.8 Å². The molecule has 0 aliphatic heterocycles. The van der Waals surface area contributed by atoms with Gasteiger partial charge in [0.05, 0.1) is 11.9 Å². The fourth-order valence-electron chi connectivity index (χ4n) is 1.16. The second-order valence-corrected chi connectivity index (χ2v) is 6.99. The molecule has 0 saturated heterocycles. The predicted octanol–water partition coefficient (Wildman–Crippen LogP) is 1.24. The lowest BCUT2D eigenvalue weighted by molar-refractivity contribution is 0.102. The first kappa shape index (κ1) is 13.8. The minimum Gasteiger partial charge on any atom is -0.318 e. The zero-order valence-electron chi connectivity index (χ0n) is 9.49. The monoisotopic (exact) mass is 318 g/mol. The maximum atomic E-state index is 11.7. The Morgan fingerprint density at radius 1 is 1.37 bits per heavy atom. The lowest BCUT2D eigenvalue weighted by Crippen LogP contribution is -2.12. The van der Waals surface area contributed by atoms with Crippen LogP contribution in [0.5, 0.6) is 0 Å². The Morgan fingerprint density at radius 3 is 2.58 bits per heavy atom. The zero-order valence-corrected chi connectivity index (χ0v) is 11.9. The van der Waals surface area contributed by atoms with Crippen molar-refractivity contribution in [1.82, 2.24) is 15.2 Å². The first-order valence-corrected chi connectivity index (χ1v) is 7.91. The summed E-state index contributed by atoms with van der Waals surface area (Å²) in [6, 6.07) is 2.74. The van der Waals surface area contributed by atoms with Gasteiger partial charge in [-0.15, -0.1) is 10.2 Å². The van der Waals surface area contributed by atoms with Gasteiger partial charge in [0.1, 0.15) is 0 Å². The Bertz CT molecular complexity index is 711. The summed E-state index contributed by atoms with van der Waals surface area (Å²) in [7, 11) is -3.36. The van der Waals surface area contributed by atoms with Crippen LogP contribution in [-0.4, -0.2) is 35.8 Å². The van der Waals surface area contributed by atoms with E-state index >= 15 is 0 Å². The van der Waals surface area contributed by atoms with Crippen LogP contribution in [-0.2, 0) is 9.84 Å². The van der Waals surface area contributed by atoms with E-state index in [0.29, 0.717) is 5.69 Å². The molecule has 100 valence electrons. The molecule has 1 amide bonds. The first-order chi connectivity index (χ1) is 8.86. The molecule has 0 aromatic carbocycles. The van der Waals surface area contributed by atoms with Crippen molar-refractivity contribution in [2.75, 3.05) is 11.6 Å². The third-order valence-corrected chi connectivity index (χ3v) is 3.99. The molecular formula is C9H7ClN4O3S2. The molecule has 2 aromatic rings. The van der Waals surface area contributed by atoms with E-state index < -0.39 is 15.7 Å². The second kappa shape index (κ2) is 5.19. The molecule has 0 aliphatic rings. The maximum absolute atomic E-state index is 11.7. The van der Waals surface area contributed by atoms with E-state index in [1.54, 1.807) is 0 Å². The molecule has 0 bridgehead atoms. The molecule has 1 N–H and O–H groups in total. The van der Waals surface area contributed by atoms with Gasteiger partial charge in [0.2, 0.25) is 9.47 Å². The van der Waals surface area contributed by atoms with Crippen molar-refractivity contribution in [3.8, 4) is 0 Å². The summed E-state index contributed by atoms with van der Waals surface area (Å²) in [5.41, 5.74) is 0.351. The normalized spacial score (nSPS) is 11.3. The van der Waals surface area contributed by atoms with Crippen LogP contribution < -0.4 is 5.32 Å². The predicted molar refractivity (Wildman–Crippen MR) is 70.2 cm³/mol. The fourth-order valence-corrected chi connectivity index (χ4v) is 2.44. The van der Waals surface area contributed by atoms with Crippen LogP contribution in [0.3, 0.4) is 0 Å². The summed E-state index contributed by atoms with van der Waals surface area (Å²) in [6.45, 7) is 0. The molecule has 2 heterocycles. The Labute approximate surface area is 117 Å². The average molecular weight is 319 g/mol. The van der Waals surface area contributed by atoms with Crippen molar-refractivity contribution < 1.29 is 13.2 Å². The van der Waals surface area contributed by atoms with Crippen LogP contribution in [0, 0.1) is 0 Å². The van der Waals surface area contributed by atoms with Gasteiger partial charge in [-0.25, -0.2) is 13.4 Å². The number of carbonyl (C=O) groups is 1. The van der Waals surface area contributed by atoms with E-state index in [1.807, 2.05) is 0 Å². The number of nitrogens with one attached hydrogen (secondary N) is 1. The van der Waals surface area contributed by atoms with Crippen molar-refractivity contribution in [2.45, 2.75) is 5.03 Å². The van der Waals surface area contributed by atoms with Gasteiger partial charge in [-0.3, -0.25) is 4.79 Å². The van der Waals surface area contributed by atoms with E-state index in [2.05, 4.69) is 20.5 Å². The van der Waals surface area contributed by atoms with Crippen molar-refractivity contribution >= 4 is 44.4 Å². The van der Waals surface area contributed by atoms with Crippen LogP contribution in [0.2, 0.25) is 4.47 Å². The van der Waals surface area contributed by atoms with E-state index in [1.165, 1.54) is 18.3 Å². The summed E-state index contributed by atoms with van der Waals surface area (Å²) < 4.78 is 22.6. The smallest absolute Gasteiger partial charge is 0.286 e. The summed E-state index contributed by atoms with van der Waals surface area (Å²) in [4.78, 5) is 15.4. The minimum absolute atomic E-state index is 0.0653. The Morgan fingerprint density at radius 2 is 2.11 bits per heavy atom. The van der Waals surface area contributed by atoms with E-state index in [0.717, 1.165) is 17.6 Å². The van der Waals surface area contributed by atoms with Gasteiger partial charge in [-0.05, 0) is 23.7 Å². The molecule has 2 rings (SSSR count). The SMILES string of the molecule is CS(=O)(=O)c1ccc(NC(=O)c2nnc(Cl)s2)cn1.